The van der Waals surface area contributed by atoms with E-state index in [2.05, 4.69) is 5.32 Å². The smallest absolute Gasteiger partial charge is 0.335 e. The molecule has 0 heterocycles. The summed E-state index contributed by atoms with van der Waals surface area (Å²) >= 11 is 0. The minimum Gasteiger partial charge on any atom is -0.478 e. The Hall–Kier alpha value is -2.57. The summed E-state index contributed by atoms with van der Waals surface area (Å²) in [5.74, 6) is -1.27. The molecular weight excluding hydrogens is 274 g/mol. The Morgan fingerprint density at radius 3 is 2.33 bits per heavy atom. The van der Waals surface area contributed by atoms with Crippen LogP contribution in [0.3, 0.4) is 0 Å². The van der Waals surface area contributed by atoms with Crippen molar-refractivity contribution in [2.24, 2.45) is 0 Å². The van der Waals surface area contributed by atoms with Gasteiger partial charge in [0.25, 0.3) is 0 Å². The van der Waals surface area contributed by atoms with Gasteiger partial charge >= 0.3 is 12.0 Å². The lowest BCUT2D eigenvalue weighted by molar-refractivity contribution is -0.129. The number of rotatable bonds is 4. The van der Waals surface area contributed by atoms with E-state index in [-0.39, 0.29) is 18.0 Å². The highest BCUT2D eigenvalue weighted by atomic mass is 16.4. The molecule has 0 aromatic heterocycles. The molecule has 0 radical (unpaired) electrons. The molecule has 0 fully saturated rings. The van der Waals surface area contributed by atoms with Crippen LogP contribution in [0.25, 0.3) is 0 Å². The number of amides is 3. The molecule has 0 aliphatic rings. The van der Waals surface area contributed by atoms with Gasteiger partial charge in [0.05, 0.1) is 5.56 Å². The number of carbonyl (C=O) groups is 3. The van der Waals surface area contributed by atoms with E-state index in [1.165, 1.54) is 29.0 Å². The van der Waals surface area contributed by atoms with E-state index in [0.717, 1.165) is 5.56 Å². The number of hydrogen-bond donors (Lipinski definition) is 2. The van der Waals surface area contributed by atoms with Crippen LogP contribution >= 0.6 is 0 Å². The Kier molecular flexibility index (Phi) is 5.29. The second kappa shape index (κ2) is 6.74. The third-order valence-corrected chi connectivity index (χ3v) is 2.94. The lowest BCUT2D eigenvalue weighted by atomic mass is 10.1. The number of carboxylic acids is 1. The zero-order valence-corrected chi connectivity index (χ0v) is 12.5. The van der Waals surface area contributed by atoms with Crippen molar-refractivity contribution in [2.45, 2.75) is 6.92 Å². The largest absolute Gasteiger partial charge is 0.478 e. The van der Waals surface area contributed by atoms with Gasteiger partial charge < -0.3 is 20.2 Å². The van der Waals surface area contributed by atoms with Crippen molar-refractivity contribution in [1.29, 1.82) is 0 Å². The molecule has 1 aromatic carbocycles. The molecule has 0 aliphatic carbocycles. The molecular formula is C14H19N3O4. The average Bonchev–Trinajstić information content (AvgIpc) is 2.40. The summed E-state index contributed by atoms with van der Waals surface area (Å²) in [6, 6.07) is 3.99. The minimum atomic E-state index is -1.07. The molecule has 7 nitrogen and oxygen atoms in total. The Labute approximate surface area is 123 Å². The molecule has 2 N–H and O–H groups in total. The Morgan fingerprint density at radius 2 is 1.81 bits per heavy atom. The molecule has 1 rings (SSSR count). The van der Waals surface area contributed by atoms with Gasteiger partial charge in [0.2, 0.25) is 5.91 Å². The van der Waals surface area contributed by atoms with Crippen molar-refractivity contribution in [3.05, 3.63) is 29.3 Å². The number of anilines is 1. The first-order valence-electron chi connectivity index (χ1n) is 6.28. The van der Waals surface area contributed by atoms with E-state index in [0.29, 0.717) is 5.69 Å². The van der Waals surface area contributed by atoms with E-state index >= 15 is 0 Å². The number of likely N-dealkylation sites (N-methyl/N-ethyl adjacent to an activating group) is 2. The number of aromatic carboxylic acids is 1. The molecule has 0 atom stereocenters. The number of carboxylic acid groups (broad SMARTS) is 1. The van der Waals surface area contributed by atoms with Gasteiger partial charge in [-0.05, 0) is 24.6 Å². The topological polar surface area (TPSA) is 90.0 Å². The maximum atomic E-state index is 12.0. The molecule has 0 bridgehead atoms. The van der Waals surface area contributed by atoms with Gasteiger partial charge in [-0.15, -0.1) is 0 Å². The van der Waals surface area contributed by atoms with E-state index in [1.807, 2.05) is 0 Å². The van der Waals surface area contributed by atoms with Gasteiger partial charge in [-0.3, -0.25) is 4.79 Å². The van der Waals surface area contributed by atoms with Crippen molar-refractivity contribution in [3.8, 4) is 0 Å². The fourth-order valence-corrected chi connectivity index (χ4v) is 1.52. The minimum absolute atomic E-state index is 0.0590. The third-order valence-electron chi connectivity index (χ3n) is 2.94. The molecule has 0 aliphatic heterocycles. The maximum absolute atomic E-state index is 12.0. The van der Waals surface area contributed by atoms with Gasteiger partial charge in [-0.1, -0.05) is 6.07 Å². The third kappa shape index (κ3) is 4.48. The van der Waals surface area contributed by atoms with Crippen molar-refractivity contribution in [2.75, 3.05) is 33.0 Å². The highest BCUT2D eigenvalue weighted by Gasteiger charge is 2.15. The Morgan fingerprint density at radius 1 is 1.19 bits per heavy atom. The maximum Gasteiger partial charge on any atom is 0.335 e. The van der Waals surface area contributed by atoms with Crippen LogP contribution in [0.15, 0.2) is 18.2 Å². The number of hydrogen-bond acceptors (Lipinski definition) is 3. The number of nitrogens with zero attached hydrogens (tertiary/aromatic N) is 2. The number of nitrogens with one attached hydrogen (secondary N) is 1. The van der Waals surface area contributed by atoms with E-state index < -0.39 is 12.0 Å². The van der Waals surface area contributed by atoms with Gasteiger partial charge in [-0.25, -0.2) is 9.59 Å². The van der Waals surface area contributed by atoms with Crippen LogP contribution in [0, 0.1) is 6.92 Å². The fraction of sp³-hybridized carbons (Fsp3) is 0.357. The standard InChI is InChI=1S/C14H19N3O4/c1-9-5-6-10(13(19)20)7-11(9)15-14(21)17(4)8-12(18)16(2)3/h5-7H,8H2,1-4H3,(H,15,21)(H,19,20). The van der Waals surface area contributed by atoms with E-state index in [1.54, 1.807) is 27.1 Å². The number of urea groups is 1. The predicted octanol–water partition coefficient (Wildman–Crippen LogP) is 1.25. The number of aryl methyl sites for hydroxylation is 1. The van der Waals surface area contributed by atoms with Gasteiger partial charge in [-0.2, -0.15) is 0 Å². The summed E-state index contributed by atoms with van der Waals surface area (Å²) in [7, 11) is 4.70. The van der Waals surface area contributed by atoms with Crippen molar-refractivity contribution in [3.63, 3.8) is 0 Å². The highest BCUT2D eigenvalue weighted by Crippen LogP contribution is 2.17. The second-order valence-corrected chi connectivity index (χ2v) is 4.91. The first kappa shape index (κ1) is 16.5. The first-order chi connectivity index (χ1) is 9.72. The van der Waals surface area contributed by atoms with Gasteiger partial charge in [0.15, 0.2) is 0 Å². The first-order valence-corrected chi connectivity index (χ1v) is 6.28. The quantitative estimate of drug-likeness (QED) is 0.874. The summed E-state index contributed by atoms with van der Waals surface area (Å²) in [6.45, 7) is 1.70. The van der Waals surface area contributed by atoms with Crippen LogP contribution in [0.5, 0.6) is 0 Å². The molecule has 0 spiro atoms. The van der Waals surface area contributed by atoms with Crippen molar-refractivity contribution in [1.82, 2.24) is 9.80 Å². The Balaban J connectivity index is 2.81. The molecule has 1 aromatic rings. The predicted molar refractivity (Wildman–Crippen MR) is 78.5 cm³/mol. The van der Waals surface area contributed by atoms with E-state index in [4.69, 9.17) is 5.11 Å². The number of carbonyl (C=O) groups excluding carboxylic acids is 2. The summed E-state index contributed by atoms with van der Waals surface area (Å²) in [4.78, 5) is 37.1. The second-order valence-electron chi connectivity index (χ2n) is 4.91. The van der Waals surface area contributed by atoms with Crippen LogP contribution in [-0.2, 0) is 4.79 Å². The Bertz CT molecular complexity index is 569. The summed E-state index contributed by atoms with van der Waals surface area (Å²) in [6.07, 6.45) is 0. The molecule has 7 heteroatoms. The van der Waals surface area contributed by atoms with Gasteiger partial charge in [0, 0.05) is 26.8 Å². The van der Waals surface area contributed by atoms with Crippen LogP contribution < -0.4 is 5.32 Å². The SMILES string of the molecule is Cc1ccc(C(=O)O)cc1NC(=O)N(C)CC(=O)N(C)C. The van der Waals surface area contributed by atoms with Crippen LogP contribution in [0.4, 0.5) is 10.5 Å². The summed E-state index contributed by atoms with van der Waals surface area (Å²) in [5, 5.41) is 11.6. The molecule has 0 unspecified atom stereocenters. The molecule has 114 valence electrons. The lowest BCUT2D eigenvalue weighted by Gasteiger charge is -2.20. The average molecular weight is 293 g/mol. The zero-order valence-electron chi connectivity index (χ0n) is 12.5. The van der Waals surface area contributed by atoms with Crippen LogP contribution in [0.2, 0.25) is 0 Å². The van der Waals surface area contributed by atoms with E-state index in [9.17, 15) is 14.4 Å². The van der Waals surface area contributed by atoms with Crippen molar-refractivity contribution < 1.29 is 19.5 Å². The van der Waals surface area contributed by atoms with Crippen molar-refractivity contribution >= 4 is 23.6 Å². The zero-order chi connectivity index (χ0) is 16.2. The lowest BCUT2D eigenvalue weighted by Crippen LogP contribution is -2.40. The molecule has 0 saturated carbocycles. The summed E-state index contributed by atoms with van der Waals surface area (Å²) in [5.41, 5.74) is 1.23. The summed E-state index contributed by atoms with van der Waals surface area (Å²) < 4.78 is 0. The number of benzene rings is 1. The monoisotopic (exact) mass is 293 g/mol. The van der Waals surface area contributed by atoms with Crippen LogP contribution in [0.1, 0.15) is 15.9 Å². The normalized spacial score (nSPS) is 9.90. The van der Waals surface area contributed by atoms with Gasteiger partial charge in [0.1, 0.15) is 6.54 Å². The van der Waals surface area contributed by atoms with Crippen LogP contribution in [-0.4, -0.2) is 60.5 Å². The molecule has 3 amide bonds. The molecule has 21 heavy (non-hydrogen) atoms. The fourth-order valence-electron chi connectivity index (χ4n) is 1.52. The molecule has 0 saturated heterocycles. The highest BCUT2D eigenvalue weighted by molar-refractivity contribution is 5.95.